The predicted molar refractivity (Wildman–Crippen MR) is 103 cm³/mol. The van der Waals surface area contributed by atoms with Crippen molar-refractivity contribution in [3.05, 3.63) is 59.7 Å². The highest BCUT2D eigenvalue weighted by molar-refractivity contribution is 7.92. The molecule has 3 N–H and O–H groups in total. The topological polar surface area (TPSA) is 104 Å². The van der Waals surface area contributed by atoms with Gasteiger partial charge in [-0.1, -0.05) is 12.1 Å². The van der Waals surface area contributed by atoms with E-state index in [-0.39, 0.29) is 27.8 Å². The molecule has 0 spiro atoms. The quantitative estimate of drug-likeness (QED) is 0.615. The van der Waals surface area contributed by atoms with Crippen molar-refractivity contribution in [3.63, 3.8) is 0 Å². The molecule has 2 aromatic carbocycles. The van der Waals surface area contributed by atoms with E-state index in [9.17, 15) is 31.2 Å². The van der Waals surface area contributed by atoms with Crippen LogP contribution in [0.1, 0.15) is 33.6 Å². The SMILES string of the molecule is O=C(NCC(F)(F)F)c1ccc(S(=O)(=O)Nc2ccccc2C(=O)NC2CC2)cc1. The van der Waals surface area contributed by atoms with Crippen molar-refractivity contribution in [2.75, 3.05) is 11.3 Å². The van der Waals surface area contributed by atoms with Crippen LogP contribution in [-0.2, 0) is 10.0 Å². The van der Waals surface area contributed by atoms with E-state index in [2.05, 4.69) is 10.0 Å². The molecule has 1 saturated carbocycles. The van der Waals surface area contributed by atoms with Gasteiger partial charge in [-0.15, -0.1) is 0 Å². The Balaban J connectivity index is 1.73. The van der Waals surface area contributed by atoms with E-state index >= 15 is 0 Å². The fourth-order valence-electron chi connectivity index (χ4n) is 2.53. The summed E-state index contributed by atoms with van der Waals surface area (Å²) in [5.74, 6) is -1.38. The normalized spacial score (nSPS) is 14.1. The number of para-hydroxylation sites is 1. The van der Waals surface area contributed by atoms with Crippen molar-refractivity contribution in [1.29, 1.82) is 0 Å². The Morgan fingerprint density at radius 1 is 0.967 bits per heavy atom. The number of halogens is 3. The van der Waals surface area contributed by atoms with Crippen molar-refractivity contribution in [1.82, 2.24) is 10.6 Å². The van der Waals surface area contributed by atoms with Gasteiger partial charge in [0.1, 0.15) is 6.54 Å². The second-order valence-corrected chi connectivity index (χ2v) is 8.40. The van der Waals surface area contributed by atoms with Gasteiger partial charge in [0.2, 0.25) is 0 Å². The van der Waals surface area contributed by atoms with Gasteiger partial charge in [0.15, 0.2) is 0 Å². The second kappa shape index (κ2) is 8.34. The molecule has 160 valence electrons. The number of benzene rings is 2. The third-order valence-electron chi connectivity index (χ3n) is 4.20. The molecule has 1 aliphatic carbocycles. The van der Waals surface area contributed by atoms with Crippen LogP contribution >= 0.6 is 0 Å². The summed E-state index contributed by atoms with van der Waals surface area (Å²) >= 11 is 0. The van der Waals surface area contributed by atoms with Gasteiger partial charge in [0.05, 0.1) is 16.1 Å². The highest BCUT2D eigenvalue weighted by Crippen LogP contribution is 2.23. The van der Waals surface area contributed by atoms with E-state index in [0.29, 0.717) is 0 Å². The minimum absolute atomic E-state index is 0.0858. The zero-order valence-electron chi connectivity index (χ0n) is 15.5. The van der Waals surface area contributed by atoms with Gasteiger partial charge < -0.3 is 10.6 Å². The van der Waals surface area contributed by atoms with Crippen LogP contribution in [-0.4, -0.2) is 39.0 Å². The molecule has 1 aliphatic rings. The number of hydrogen-bond donors (Lipinski definition) is 3. The molecule has 0 unspecified atom stereocenters. The zero-order valence-corrected chi connectivity index (χ0v) is 16.3. The summed E-state index contributed by atoms with van der Waals surface area (Å²) in [6.07, 6.45) is -2.80. The summed E-state index contributed by atoms with van der Waals surface area (Å²) in [4.78, 5) is 23.8. The monoisotopic (exact) mass is 441 g/mol. The Kier molecular flexibility index (Phi) is 6.01. The molecule has 0 radical (unpaired) electrons. The molecule has 11 heteroatoms. The lowest BCUT2D eigenvalue weighted by Crippen LogP contribution is -2.33. The highest BCUT2D eigenvalue weighted by Gasteiger charge is 2.28. The molecule has 3 rings (SSSR count). The summed E-state index contributed by atoms with van der Waals surface area (Å²) in [6.45, 7) is -1.49. The van der Waals surface area contributed by atoms with E-state index < -0.39 is 34.6 Å². The molecular formula is C19H18F3N3O4S. The number of hydrogen-bond acceptors (Lipinski definition) is 4. The van der Waals surface area contributed by atoms with Gasteiger partial charge >= 0.3 is 6.18 Å². The van der Waals surface area contributed by atoms with Crippen LogP contribution in [0.5, 0.6) is 0 Å². The van der Waals surface area contributed by atoms with E-state index in [1.165, 1.54) is 12.1 Å². The predicted octanol–water partition coefficient (Wildman–Crippen LogP) is 2.67. The van der Waals surface area contributed by atoms with Crippen LogP contribution in [0.2, 0.25) is 0 Å². The minimum atomic E-state index is -4.55. The smallest absolute Gasteiger partial charge is 0.349 e. The Morgan fingerprint density at radius 3 is 2.20 bits per heavy atom. The lowest BCUT2D eigenvalue weighted by Gasteiger charge is -2.13. The Hall–Kier alpha value is -3.08. The second-order valence-electron chi connectivity index (χ2n) is 6.72. The van der Waals surface area contributed by atoms with E-state index in [1.807, 2.05) is 0 Å². The number of amides is 2. The van der Waals surface area contributed by atoms with Crippen molar-refractivity contribution in [3.8, 4) is 0 Å². The van der Waals surface area contributed by atoms with Gasteiger partial charge in [-0.05, 0) is 49.2 Å². The largest absolute Gasteiger partial charge is 0.405 e. The summed E-state index contributed by atoms with van der Waals surface area (Å²) in [5, 5.41) is 4.48. The van der Waals surface area contributed by atoms with Crippen LogP contribution in [0.15, 0.2) is 53.4 Å². The first-order valence-electron chi connectivity index (χ1n) is 8.93. The number of anilines is 1. The Labute approximate surface area is 170 Å². The lowest BCUT2D eigenvalue weighted by atomic mass is 10.1. The van der Waals surface area contributed by atoms with Crippen molar-refractivity contribution in [2.24, 2.45) is 0 Å². The number of alkyl halides is 3. The fraction of sp³-hybridized carbons (Fsp3) is 0.263. The third kappa shape index (κ3) is 5.72. The molecular weight excluding hydrogens is 423 g/mol. The fourth-order valence-corrected chi connectivity index (χ4v) is 3.61. The van der Waals surface area contributed by atoms with E-state index in [1.54, 1.807) is 17.4 Å². The Morgan fingerprint density at radius 2 is 1.60 bits per heavy atom. The lowest BCUT2D eigenvalue weighted by molar-refractivity contribution is -0.123. The molecule has 0 aromatic heterocycles. The molecule has 1 fully saturated rings. The average molecular weight is 441 g/mol. The van der Waals surface area contributed by atoms with E-state index in [0.717, 1.165) is 37.1 Å². The highest BCUT2D eigenvalue weighted by atomic mass is 32.2. The molecule has 0 bridgehead atoms. The number of nitrogens with one attached hydrogen (secondary N) is 3. The average Bonchev–Trinajstić information content (AvgIpc) is 3.49. The van der Waals surface area contributed by atoms with Gasteiger partial charge in [-0.2, -0.15) is 13.2 Å². The number of rotatable bonds is 7. The van der Waals surface area contributed by atoms with Gasteiger partial charge in [0, 0.05) is 11.6 Å². The van der Waals surface area contributed by atoms with Gasteiger partial charge in [0.25, 0.3) is 21.8 Å². The first-order valence-corrected chi connectivity index (χ1v) is 10.4. The summed E-state index contributed by atoms with van der Waals surface area (Å²) < 4.78 is 64.2. The van der Waals surface area contributed by atoms with Crippen LogP contribution in [0.25, 0.3) is 0 Å². The van der Waals surface area contributed by atoms with Gasteiger partial charge in [-0.25, -0.2) is 8.42 Å². The van der Waals surface area contributed by atoms with Gasteiger partial charge in [-0.3, -0.25) is 14.3 Å². The molecule has 0 saturated heterocycles. The minimum Gasteiger partial charge on any atom is -0.349 e. The van der Waals surface area contributed by atoms with Crippen molar-refractivity contribution >= 4 is 27.5 Å². The van der Waals surface area contributed by atoms with E-state index in [4.69, 9.17) is 0 Å². The van der Waals surface area contributed by atoms with Crippen LogP contribution in [0.3, 0.4) is 0 Å². The Bertz CT molecular complexity index is 1050. The van der Waals surface area contributed by atoms with Crippen molar-refractivity contribution < 1.29 is 31.2 Å². The summed E-state index contributed by atoms with van der Waals surface area (Å²) in [6, 6.07) is 10.6. The first-order chi connectivity index (χ1) is 14.0. The maximum Gasteiger partial charge on any atom is 0.405 e. The number of sulfonamides is 1. The molecule has 7 nitrogen and oxygen atoms in total. The molecule has 0 heterocycles. The maximum atomic E-state index is 12.7. The van der Waals surface area contributed by atoms with Crippen LogP contribution < -0.4 is 15.4 Å². The molecule has 2 aromatic rings. The first kappa shape index (κ1) is 21.6. The third-order valence-corrected chi connectivity index (χ3v) is 5.59. The summed E-state index contributed by atoms with van der Waals surface area (Å²) in [7, 11) is -4.10. The van der Waals surface area contributed by atoms with Crippen LogP contribution in [0.4, 0.5) is 18.9 Å². The maximum absolute atomic E-state index is 12.7. The molecule has 2 amide bonds. The number of carbonyl (C=O) groups is 2. The van der Waals surface area contributed by atoms with Crippen molar-refractivity contribution in [2.45, 2.75) is 30.0 Å². The van der Waals surface area contributed by atoms with Crippen LogP contribution in [0, 0.1) is 0 Å². The zero-order chi connectivity index (χ0) is 21.9. The molecule has 0 atom stereocenters. The standard InChI is InChI=1S/C19H18F3N3O4S/c20-19(21,22)11-23-17(26)12-5-9-14(10-6-12)30(28,29)25-16-4-2-1-3-15(16)18(27)24-13-7-8-13/h1-6,9-10,13,25H,7-8,11H2,(H,23,26)(H,24,27). The molecule has 30 heavy (non-hydrogen) atoms. The molecule has 0 aliphatic heterocycles. The summed E-state index contributed by atoms with van der Waals surface area (Å²) in [5.41, 5.74) is 0.126. The number of carbonyl (C=O) groups excluding carboxylic acids is 2.